The highest BCUT2D eigenvalue weighted by Crippen LogP contribution is 2.32. The number of aromatic nitrogens is 4. The zero-order chi connectivity index (χ0) is 15.2. The minimum Gasteiger partial charge on any atom is -0.370 e. The third-order valence-electron chi connectivity index (χ3n) is 2.86. The molecule has 2 aromatic heterocycles. The Morgan fingerprint density at radius 2 is 1.90 bits per heavy atom. The average Bonchev–Trinajstić information content (AvgIpc) is 2.86. The summed E-state index contributed by atoms with van der Waals surface area (Å²) >= 11 is 2.99. The Morgan fingerprint density at radius 3 is 2.52 bits per heavy atom. The number of nitrogens with one attached hydrogen (secondary N) is 1. The second kappa shape index (κ2) is 7.70. The fraction of sp³-hybridized carbons (Fsp3) is 0.571. The van der Waals surface area contributed by atoms with Gasteiger partial charge in [0, 0.05) is 18.5 Å². The van der Waals surface area contributed by atoms with Crippen LogP contribution >= 0.6 is 23.3 Å². The molecule has 0 saturated heterocycles. The van der Waals surface area contributed by atoms with Gasteiger partial charge in [0.15, 0.2) is 4.34 Å². The van der Waals surface area contributed by atoms with E-state index in [-0.39, 0.29) is 0 Å². The van der Waals surface area contributed by atoms with Crippen molar-refractivity contribution in [1.29, 1.82) is 0 Å². The third-order valence-corrected chi connectivity index (χ3v) is 4.79. The number of anilines is 1. The molecule has 0 aromatic carbocycles. The van der Waals surface area contributed by atoms with Crippen molar-refractivity contribution < 1.29 is 0 Å². The molecule has 0 unspecified atom stereocenters. The van der Waals surface area contributed by atoms with Gasteiger partial charge in [-0.3, -0.25) is 0 Å². The van der Waals surface area contributed by atoms with Gasteiger partial charge in [-0.15, -0.1) is 0 Å². The topological polar surface area (TPSA) is 63.6 Å². The molecular weight excluding hydrogens is 302 g/mol. The second-order valence-electron chi connectivity index (χ2n) is 4.80. The first-order valence-corrected chi connectivity index (χ1v) is 8.82. The molecule has 2 aromatic rings. The maximum Gasteiger partial charge on any atom is 0.176 e. The van der Waals surface area contributed by atoms with Crippen molar-refractivity contribution in [2.24, 2.45) is 0 Å². The fourth-order valence-corrected chi connectivity index (χ4v) is 3.46. The summed E-state index contributed by atoms with van der Waals surface area (Å²) in [6.45, 7) is 9.18. The largest absolute Gasteiger partial charge is 0.370 e. The van der Waals surface area contributed by atoms with Crippen molar-refractivity contribution in [3.05, 3.63) is 17.2 Å². The lowest BCUT2D eigenvalue weighted by atomic mass is 10.3. The molecule has 114 valence electrons. The quantitative estimate of drug-likeness (QED) is 0.780. The van der Waals surface area contributed by atoms with Gasteiger partial charge in [0.2, 0.25) is 0 Å². The summed E-state index contributed by atoms with van der Waals surface area (Å²) in [4.78, 5) is 13.7. The molecule has 0 amide bonds. The van der Waals surface area contributed by atoms with Crippen LogP contribution in [0.2, 0.25) is 0 Å². The molecule has 2 heterocycles. The summed E-state index contributed by atoms with van der Waals surface area (Å²) < 4.78 is 5.15. The van der Waals surface area contributed by atoms with Gasteiger partial charge in [0.1, 0.15) is 22.5 Å². The van der Waals surface area contributed by atoms with Crippen molar-refractivity contribution in [2.75, 3.05) is 11.9 Å². The van der Waals surface area contributed by atoms with Gasteiger partial charge in [0.25, 0.3) is 0 Å². The SMILES string of the molecule is CCCNc1nc(CCC)nc(Sc2nc(C)ns2)c1C. The molecule has 0 fully saturated rings. The summed E-state index contributed by atoms with van der Waals surface area (Å²) in [7, 11) is 0. The van der Waals surface area contributed by atoms with E-state index in [2.05, 4.69) is 45.4 Å². The molecule has 0 spiro atoms. The first kappa shape index (κ1) is 16.2. The summed E-state index contributed by atoms with van der Waals surface area (Å²) in [5.41, 5.74) is 1.08. The van der Waals surface area contributed by atoms with Crippen LogP contribution in [0.15, 0.2) is 9.37 Å². The van der Waals surface area contributed by atoms with E-state index >= 15 is 0 Å². The molecule has 7 heteroatoms. The normalized spacial score (nSPS) is 10.9. The molecule has 0 saturated carbocycles. The van der Waals surface area contributed by atoms with E-state index < -0.39 is 0 Å². The lowest BCUT2D eigenvalue weighted by molar-refractivity contribution is 0.799. The Balaban J connectivity index is 2.30. The standard InChI is InChI=1S/C14H21N5S2/c1-5-7-11-17-12(15-8-6-2)9(3)13(18-11)20-14-16-10(4)19-21-14/h5-8H2,1-4H3,(H,15,17,18). The molecule has 0 aliphatic rings. The number of aryl methyl sites for hydroxylation is 2. The monoisotopic (exact) mass is 323 g/mol. The summed E-state index contributed by atoms with van der Waals surface area (Å²) in [5, 5.41) is 4.37. The van der Waals surface area contributed by atoms with Crippen LogP contribution in [-0.2, 0) is 6.42 Å². The molecule has 0 radical (unpaired) electrons. The number of hydrogen-bond donors (Lipinski definition) is 1. The Kier molecular flexibility index (Phi) is 5.93. The average molecular weight is 323 g/mol. The van der Waals surface area contributed by atoms with Crippen LogP contribution in [0.3, 0.4) is 0 Å². The van der Waals surface area contributed by atoms with Crippen LogP contribution in [0.5, 0.6) is 0 Å². The van der Waals surface area contributed by atoms with Crippen LogP contribution in [0.25, 0.3) is 0 Å². The molecule has 2 rings (SSSR count). The molecule has 21 heavy (non-hydrogen) atoms. The van der Waals surface area contributed by atoms with Crippen molar-refractivity contribution in [3.8, 4) is 0 Å². The van der Waals surface area contributed by atoms with Crippen molar-refractivity contribution >= 4 is 29.1 Å². The Hall–Kier alpha value is -1.21. The molecular formula is C14H21N5S2. The fourth-order valence-electron chi connectivity index (χ4n) is 1.79. The van der Waals surface area contributed by atoms with E-state index in [1.54, 1.807) is 11.8 Å². The number of nitrogens with zero attached hydrogens (tertiary/aromatic N) is 4. The second-order valence-corrected chi connectivity index (χ2v) is 6.79. The predicted molar refractivity (Wildman–Crippen MR) is 88.3 cm³/mol. The maximum absolute atomic E-state index is 4.69. The van der Waals surface area contributed by atoms with Crippen molar-refractivity contribution in [3.63, 3.8) is 0 Å². The first-order valence-electron chi connectivity index (χ1n) is 7.23. The Morgan fingerprint density at radius 1 is 1.10 bits per heavy atom. The zero-order valence-electron chi connectivity index (χ0n) is 12.9. The lowest BCUT2D eigenvalue weighted by Crippen LogP contribution is -2.08. The van der Waals surface area contributed by atoms with Gasteiger partial charge in [-0.25, -0.2) is 15.0 Å². The summed E-state index contributed by atoms with van der Waals surface area (Å²) in [6.07, 6.45) is 3.01. The molecule has 0 aliphatic carbocycles. The van der Waals surface area contributed by atoms with E-state index in [1.165, 1.54) is 11.5 Å². The van der Waals surface area contributed by atoms with Gasteiger partial charge in [-0.05, 0) is 50.0 Å². The van der Waals surface area contributed by atoms with Crippen molar-refractivity contribution in [1.82, 2.24) is 19.3 Å². The predicted octanol–water partition coefficient (Wildman–Crippen LogP) is 3.87. The third kappa shape index (κ3) is 4.38. The molecule has 0 aliphatic heterocycles. The van der Waals surface area contributed by atoms with E-state index in [1.807, 2.05) is 6.92 Å². The zero-order valence-corrected chi connectivity index (χ0v) is 14.6. The van der Waals surface area contributed by atoms with Gasteiger partial charge in [-0.1, -0.05) is 13.8 Å². The van der Waals surface area contributed by atoms with Crippen LogP contribution < -0.4 is 5.32 Å². The van der Waals surface area contributed by atoms with E-state index in [9.17, 15) is 0 Å². The van der Waals surface area contributed by atoms with Crippen molar-refractivity contribution in [2.45, 2.75) is 56.3 Å². The van der Waals surface area contributed by atoms with Crippen LogP contribution in [0, 0.1) is 13.8 Å². The Bertz CT molecular complexity index is 597. The molecule has 0 atom stereocenters. The van der Waals surface area contributed by atoms with Crippen LogP contribution in [0.4, 0.5) is 5.82 Å². The van der Waals surface area contributed by atoms with Gasteiger partial charge >= 0.3 is 0 Å². The van der Waals surface area contributed by atoms with Crippen LogP contribution in [-0.4, -0.2) is 25.9 Å². The number of rotatable bonds is 7. The van der Waals surface area contributed by atoms with Crippen LogP contribution in [0.1, 0.15) is 43.9 Å². The first-order chi connectivity index (χ1) is 10.1. The highest BCUT2D eigenvalue weighted by Gasteiger charge is 2.13. The molecule has 1 N–H and O–H groups in total. The summed E-state index contributed by atoms with van der Waals surface area (Å²) in [5.74, 6) is 2.65. The van der Waals surface area contributed by atoms with E-state index in [0.29, 0.717) is 0 Å². The minimum absolute atomic E-state index is 0.812. The van der Waals surface area contributed by atoms with Gasteiger partial charge < -0.3 is 5.32 Å². The lowest BCUT2D eigenvalue weighted by Gasteiger charge is -2.12. The molecule has 5 nitrogen and oxygen atoms in total. The highest BCUT2D eigenvalue weighted by molar-refractivity contribution is 8.00. The minimum atomic E-state index is 0.812. The maximum atomic E-state index is 4.69. The molecule has 0 bridgehead atoms. The van der Waals surface area contributed by atoms with Gasteiger partial charge in [0.05, 0.1) is 0 Å². The number of hydrogen-bond acceptors (Lipinski definition) is 7. The highest BCUT2D eigenvalue weighted by atomic mass is 32.2. The smallest absolute Gasteiger partial charge is 0.176 e. The van der Waals surface area contributed by atoms with Gasteiger partial charge in [-0.2, -0.15) is 4.37 Å². The Labute approximate surface area is 134 Å². The van der Waals surface area contributed by atoms with E-state index in [0.717, 1.165) is 58.2 Å². The van der Waals surface area contributed by atoms with E-state index in [4.69, 9.17) is 0 Å². The summed E-state index contributed by atoms with van der Waals surface area (Å²) in [6, 6.07) is 0.